The van der Waals surface area contributed by atoms with Gasteiger partial charge in [0.25, 0.3) is 6.47 Å². The number of alkyl halides is 9. The number of benzene rings is 5. The van der Waals surface area contributed by atoms with Crippen molar-refractivity contribution in [3.8, 4) is 29.6 Å². The number of carbonyl (C=O) groups excluding carboxylic acids is 5. The van der Waals surface area contributed by atoms with E-state index in [1.165, 1.54) is 43.6 Å². The molecule has 0 radical (unpaired) electrons. The number of ether oxygens (including phenoxy) is 5. The minimum absolute atomic E-state index is 0. The van der Waals surface area contributed by atoms with Gasteiger partial charge in [0.1, 0.15) is 40.4 Å². The van der Waals surface area contributed by atoms with Gasteiger partial charge >= 0.3 is 155 Å². The number of nitrogens with two attached hydrogens (primary N) is 1. The molecule has 4 aromatic heterocycles. The molecule has 0 saturated heterocycles. The summed E-state index contributed by atoms with van der Waals surface area (Å²) < 4.78 is 204. The maximum atomic E-state index is 13.4. The number of hydroxylamine groups is 1. The van der Waals surface area contributed by atoms with Crippen molar-refractivity contribution in [1.82, 2.24) is 20.1 Å². The van der Waals surface area contributed by atoms with Crippen LogP contribution in [0.3, 0.4) is 0 Å². The van der Waals surface area contributed by atoms with E-state index >= 15 is 0 Å². The smallest absolute Gasteiger partial charge is 1.00 e. The Labute approximate surface area is 703 Å². The molecule has 3 N–H and O–H groups in total. The Bertz CT molecular complexity index is 4610. The van der Waals surface area contributed by atoms with E-state index in [0.29, 0.717) is 38.0 Å². The Kier molecular flexibility index (Phi) is 44.1. The molecular weight excluding hydrogens is 1540 g/mol. The van der Waals surface area contributed by atoms with Crippen molar-refractivity contribution >= 4 is 50.4 Å². The van der Waals surface area contributed by atoms with Crippen LogP contribution in [0.5, 0.6) is 17.2 Å². The SMILES string of the molecule is C#CC(=O)OC.Cc1cc(C)c(S(=O)(=O)ONC(=O)OC(C)(C)C)c(C)c1.Cc1cc(C)c(S(=O)(=O)[O-])c(C)c1.Cc1cnn2c(C(F)(F)F)c(OCc3ccccc3)ccc12.FC(F)(F)c1ncccc1OCc1ccccc1.N[n+]1cccc(OCc2ccccc2)c1C(F)(F)F.O=C=O.O=CO[O-].[H-].[K+].[K+]. The number of carbonyl (C=O) groups is 3. The average Bonchev–Trinajstić information content (AvgIpc) is 1.67. The third kappa shape index (κ3) is 35.9. The Morgan fingerprint density at radius 2 is 1.05 bits per heavy atom. The summed E-state index contributed by atoms with van der Waals surface area (Å²) in [7, 11) is -7.19. The second kappa shape index (κ2) is 47.7. The zero-order valence-electron chi connectivity index (χ0n) is 61.4. The minimum atomic E-state index is -4.57. The van der Waals surface area contributed by atoms with Gasteiger partial charge in [0.2, 0.25) is 0 Å². The van der Waals surface area contributed by atoms with Gasteiger partial charge in [0.15, 0.2) is 34.8 Å². The fourth-order valence-corrected chi connectivity index (χ4v) is 11.1. The predicted octanol–water partition coefficient (Wildman–Crippen LogP) is 6.24. The van der Waals surface area contributed by atoms with Crippen LogP contribution in [0.2, 0.25) is 0 Å². The summed E-state index contributed by atoms with van der Waals surface area (Å²) in [5, 5.41) is 12.2. The molecule has 24 nitrogen and oxygen atoms in total. The number of terminal acetylenes is 1. The zero-order chi connectivity index (χ0) is 80.4. The first-order valence-corrected chi connectivity index (χ1v) is 33.0. The van der Waals surface area contributed by atoms with E-state index < -0.39 is 73.5 Å². The van der Waals surface area contributed by atoms with Gasteiger partial charge in [-0.15, -0.1) is 10.7 Å². The Morgan fingerprint density at radius 3 is 1.42 bits per heavy atom. The van der Waals surface area contributed by atoms with Gasteiger partial charge in [-0.25, -0.2) is 33.3 Å². The van der Waals surface area contributed by atoms with Crippen LogP contribution in [0.15, 0.2) is 180 Å². The van der Waals surface area contributed by atoms with Crippen LogP contribution < -0.4 is 138 Å². The second-order valence-electron chi connectivity index (χ2n) is 22.4. The number of nitrogens with one attached hydrogen (secondary N) is 1. The monoisotopic (exact) mass is 1610 g/mol. The van der Waals surface area contributed by atoms with E-state index in [-0.39, 0.29) is 164 Å². The van der Waals surface area contributed by atoms with Crippen molar-refractivity contribution in [2.75, 3.05) is 13.0 Å². The maximum absolute atomic E-state index is 13.4. The van der Waals surface area contributed by atoms with Gasteiger partial charge in [-0.1, -0.05) is 131 Å². The van der Waals surface area contributed by atoms with Crippen molar-refractivity contribution < 1.29 is 232 Å². The normalized spacial score (nSPS) is 10.6. The van der Waals surface area contributed by atoms with Crippen LogP contribution in [0.1, 0.15) is 94.9 Å². The Balaban J connectivity index is 0. The van der Waals surface area contributed by atoms with E-state index in [2.05, 4.69) is 30.4 Å². The number of nitrogens with zero attached hydrogens (tertiary/aromatic N) is 4. The summed E-state index contributed by atoms with van der Waals surface area (Å²) in [6.45, 7) is 17.0. The first kappa shape index (κ1) is 99.9. The molecule has 0 bridgehead atoms. The number of fused-ring (bicyclic) bond motifs is 1. The number of halogens is 9. The van der Waals surface area contributed by atoms with Gasteiger partial charge < -0.3 is 39.8 Å². The standard InChI is InChI=1S/C16H13F3N2O.C14H21NO5S.C13H12F3N2O.C13H10F3NO.C9H12O3S.C4H4O2.CH2O3.CO2.2K.H/c1-11-9-20-21-13(11)7-8-14(15(21)16(17,18)19)22-10-12-5-3-2-4-6-12;1-9-7-10(2)12(11(3)8-9)21(17,18)20-15-13(16)19-14(4,5)6;14-13(15,16)12-11(7-4-8-18(12)17)19-9-10-5-2-1-3-6-10;14-13(15,16)12-11(7-4-8-17-12)18-9-10-5-2-1-3-6-10;1-6-4-7(2)9(8(3)5-6)13(10,11)12;1-3-4(5)6-2;2-1-4-3;2-1-3;;;/h2-9H,10H2,1H3;7-8H,1-6H3,(H,15,16);1-8H,9,17H2;1-8H,9H2;4-5H,1-3H3,(H,10,11,12);1H,2H3;1,3H;;;;/q;;+1;;;;;;2*+1;-1/p-2. The van der Waals surface area contributed by atoms with Gasteiger partial charge in [-0.2, -0.15) is 68.1 Å². The summed E-state index contributed by atoms with van der Waals surface area (Å²) in [5.41, 5.74) is 5.69. The summed E-state index contributed by atoms with van der Waals surface area (Å²) in [4.78, 5) is 51.9. The summed E-state index contributed by atoms with van der Waals surface area (Å²) >= 11 is 0. The number of esters is 1. The average molecular weight is 1610 g/mol. The molecule has 0 fully saturated rings. The molecule has 0 atom stereocenters. The number of methoxy groups -OCH3 is 1. The second-order valence-corrected chi connectivity index (χ2v) is 25.2. The molecule has 572 valence electrons. The summed E-state index contributed by atoms with van der Waals surface area (Å²) in [5.74, 6) is 5.64. The third-order valence-electron chi connectivity index (χ3n) is 12.8. The molecule has 9 aromatic rings. The molecule has 9 rings (SSSR count). The van der Waals surface area contributed by atoms with Gasteiger partial charge in [0.05, 0.1) is 23.7 Å². The van der Waals surface area contributed by atoms with Crippen LogP contribution in [-0.4, -0.2) is 73.4 Å². The van der Waals surface area contributed by atoms with Crippen molar-refractivity contribution in [2.24, 2.45) is 0 Å². The maximum Gasteiger partial charge on any atom is 1.00 e. The molecule has 0 spiro atoms. The summed E-state index contributed by atoms with van der Waals surface area (Å²) in [6, 6.07) is 42.1. The molecule has 0 aliphatic carbocycles. The number of pyridine rings is 3. The molecule has 0 aliphatic heterocycles. The van der Waals surface area contributed by atoms with Crippen LogP contribution >= 0.6 is 0 Å². The van der Waals surface area contributed by atoms with E-state index in [1.54, 1.807) is 158 Å². The molecule has 37 heteroatoms. The number of amides is 1. The molecule has 0 aliphatic rings. The molecule has 108 heavy (non-hydrogen) atoms. The van der Waals surface area contributed by atoms with E-state index in [0.717, 1.165) is 44.7 Å². The van der Waals surface area contributed by atoms with E-state index in [4.69, 9.17) is 44.4 Å². The number of aryl methyl sites for hydroxylation is 7. The molecular formula is C71H73F9K2N6O18S2. The zero-order valence-corrected chi connectivity index (χ0v) is 68.3. The number of hydrogen-bond acceptors (Lipinski definition) is 21. The number of hydrogen-bond donors (Lipinski definition) is 2. The van der Waals surface area contributed by atoms with Crippen LogP contribution in [0, 0.1) is 60.8 Å². The van der Waals surface area contributed by atoms with Crippen molar-refractivity contribution in [2.45, 2.75) is 123 Å². The first-order chi connectivity index (χ1) is 49.4. The van der Waals surface area contributed by atoms with Crippen molar-refractivity contribution in [1.29, 1.82) is 0 Å². The molecule has 0 unspecified atom stereocenters. The van der Waals surface area contributed by atoms with Crippen LogP contribution in [0.25, 0.3) is 5.52 Å². The molecule has 0 saturated carbocycles. The largest absolute Gasteiger partial charge is 1.00 e. The van der Waals surface area contributed by atoms with Crippen molar-refractivity contribution in [3.05, 3.63) is 243 Å². The van der Waals surface area contributed by atoms with E-state index in [9.17, 15) is 70.5 Å². The molecule has 1 amide bonds. The number of rotatable bonds is 14. The number of aromatic nitrogens is 4. The topological polar surface area (TPSA) is 336 Å². The third-order valence-corrected chi connectivity index (χ3v) is 15.4. The van der Waals surface area contributed by atoms with Crippen molar-refractivity contribution in [3.63, 3.8) is 0 Å². The first-order valence-electron chi connectivity index (χ1n) is 30.1. The minimum Gasteiger partial charge on any atom is -1.00 e. The molecule has 5 aromatic carbocycles. The van der Waals surface area contributed by atoms with Gasteiger partial charge in [-0.3, -0.25) is 4.79 Å². The molecule has 4 heterocycles. The fraction of sp³-hybridized carbons (Fsp3) is 0.254. The van der Waals surface area contributed by atoms with Crippen LogP contribution in [0.4, 0.5) is 44.3 Å². The van der Waals surface area contributed by atoms with Crippen LogP contribution in [-0.2, 0) is 96.4 Å². The van der Waals surface area contributed by atoms with E-state index in [1.807, 2.05) is 44.2 Å². The number of nitrogen functional groups attached to an aromatic ring is 1. The Hall–Kier alpha value is -8.14. The fourth-order valence-electron chi connectivity index (χ4n) is 8.98. The summed E-state index contributed by atoms with van der Waals surface area (Å²) in [6.07, 6.45) is -6.16. The predicted molar refractivity (Wildman–Crippen MR) is 359 cm³/mol. The van der Waals surface area contributed by atoms with Gasteiger partial charge in [-0.05, 0) is 144 Å². The quantitative estimate of drug-likeness (QED) is 0.0104. The Morgan fingerprint density at radius 1 is 0.630 bits per heavy atom. The van der Waals surface area contributed by atoms with Gasteiger partial charge in [0, 0.05) is 18.2 Å².